The highest BCUT2D eigenvalue weighted by Gasteiger charge is 2.31. The van der Waals surface area contributed by atoms with Crippen LogP contribution in [0, 0.1) is 5.92 Å². The highest BCUT2D eigenvalue weighted by atomic mass is 32.2. The Morgan fingerprint density at radius 1 is 1.06 bits per heavy atom. The van der Waals surface area contributed by atoms with Gasteiger partial charge in [0.25, 0.3) is 0 Å². The van der Waals surface area contributed by atoms with Crippen LogP contribution in [0.3, 0.4) is 0 Å². The second-order valence-electron chi connectivity index (χ2n) is 9.03. The molecule has 0 radical (unpaired) electrons. The Balaban J connectivity index is 1.38. The summed E-state index contributed by atoms with van der Waals surface area (Å²) >= 11 is 0. The molecule has 0 unspecified atom stereocenters. The maximum atomic E-state index is 13.5. The van der Waals surface area contributed by atoms with Crippen molar-refractivity contribution in [3.8, 4) is 0 Å². The zero-order valence-corrected chi connectivity index (χ0v) is 20.3. The summed E-state index contributed by atoms with van der Waals surface area (Å²) in [5.74, 6) is 0.353. The normalized spacial score (nSPS) is 17.7. The van der Waals surface area contributed by atoms with Crippen LogP contribution in [-0.2, 0) is 34.3 Å². The van der Waals surface area contributed by atoms with Crippen molar-refractivity contribution in [1.29, 1.82) is 0 Å². The van der Waals surface area contributed by atoms with Gasteiger partial charge in [-0.05, 0) is 61.0 Å². The number of nitrogens with zero attached hydrogens (tertiary/aromatic N) is 3. The van der Waals surface area contributed by atoms with E-state index in [4.69, 9.17) is 4.74 Å². The summed E-state index contributed by atoms with van der Waals surface area (Å²) in [6.07, 6.45) is 2.11. The van der Waals surface area contributed by atoms with E-state index >= 15 is 0 Å². The number of fused-ring (bicyclic) bond motifs is 1. The quantitative estimate of drug-likeness (QED) is 0.646. The Morgan fingerprint density at radius 2 is 1.79 bits per heavy atom. The topological polar surface area (TPSA) is 70.2 Å². The molecule has 1 fully saturated rings. The lowest BCUT2D eigenvalue weighted by atomic mass is 9.96. The van der Waals surface area contributed by atoms with E-state index in [-0.39, 0.29) is 6.09 Å². The fraction of sp³-hybridized carbons (Fsp3) is 0.480. The molecule has 0 aliphatic carbocycles. The van der Waals surface area contributed by atoms with Crippen molar-refractivity contribution >= 4 is 16.1 Å². The maximum absolute atomic E-state index is 13.5. The van der Waals surface area contributed by atoms with E-state index < -0.39 is 10.0 Å². The van der Waals surface area contributed by atoms with E-state index in [9.17, 15) is 13.2 Å². The molecule has 0 N–H and O–H groups in total. The first-order valence-corrected chi connectivity index (χ1v) is 13.0. The van der Waals surface area contributed by atoms with E-state index in [1.165, 1.54) is 17.0 Å². The zero-order chi connectivity index (χ0) is 23.4. The van der Waals surface area contributed by atoms with Crippen molar-refractivity contribution in [3.05, 3.63) is 65.2 Å². The van der Waals surface area contributed by atoms with Crippen molar-refractivity contribution in [3.63, 3.8) is 0 Å². The lowest BCUT2D eigenvalue weighted by molar-refractivity contribution is 0.118. The highest BCUT2D eigenvalue weighted by Crippen LogP contribution is 2.29. The van der Waals surface area contributed by atoms with Gasteiger partial charge in [0.05, 0.1) is 12.0 Å². The van der Waals surface area contributed by atoms with Crippen LogP contribution in [0.15, 0.2) is 53.4 Å². The molecule has 2 heterocycles. The molecule has 0 atom stereocenters. The number of hydrogen-bond donors (Lipinski definition) is 0. The Kier molecular flexibility index (Phi) is 7.36. The van der Waals surface area contributed by atoms with E-state index in [1.807, 2.05) is 12.1 Å². The minimum absolute atomic E-state index is 0.353. The zero-order valence-electron chi connectivity index (χ0n) is 19.4. The van der Waals surface area contributed by atoms with Crippen LogP contribution < -0.4 is 0 Å². The molecule has 33 heavy (non-hydrogen) atoms. The van der Waals surface area contributed by atoms with Gasteiger partial charge >= 0.3 is 6.09 Å². The van der Waals surface area contributed by atoms with Crippen LogP contribution in [-0.4, -0.2) is 69.0 Å². The first kappa shape index (κ1) is 23.7. The molecule has 1 amide bonds. The lowest BCUT2D eigenvalue weighted by Crippen LogP contribution is -2.40. The Bertz CT molecular complexity index is 1070. The molecule has 4 rings (SSSR count). The molecule has 2 aromatic rings. The molecule has 2 aromatic carbocycles. The van der Waals surface area contributed by atoms with Gasteiger partial charge in [-0.1, -0.05) is 42.5 Å². The lowest BCUT2D eigenvalue weighted by Gasteiger charge is -2.34. The molecule has 8 heteroatoms. The van der Waals surface area contributed by atoms with Gasteiger partial charge in [0, 0.05) is 33.2 Å². The number of methoxy groups -OCH3 is 1. The van der Waals surface area contributed by atoms with Crippen molar-refractivity contribution in [2.75, 3.05) is 40.3 Å². The van der Waals surface area contributed by atoms with Gasteiger partial charge in [-0.3, -0.25) is 4.90 Å². The molecule has 0 bridgehead atoms. The number of piperidine rings is 1. The molecular weight excluding hydrogens is 438 g/mol. The number of sulfonamides is 1. The van der Waals surface area contributed by atoms with Crippen molar-refractivity contribution in [1.82, 2.24) is 14.1 Å². The number of rotatable bonds is 6. The van der Waals surface area contributed by atoms with Gasteiger partial charge in [-0.25, -0.2) is 17.5 Å². The molecule has 0 spiro atoms. The van der Waals surface area contributed by atoms with Crippen molar-refractivity contribution in [2.45, 2.75) is 37.2 Å². The average molecular weight is 472 g/mol. The molecule has 0 aromatic heterocycles. The van der Waals surface area contributed by atoms with Gasteiger partial charge in [0.15, 0.2) is 0 Å². The van der Waals surface area contributed by atoms with E-state index in [0.717, 1.165) is 43.6 Å². The predicted molar refractivity (Wildman–Crippen MR) is 127 cm³/mol. The summed E-state index contributed by atoms with van der Waals surface area (Å²) in [6, 6.07) is 15.8. The number of amides is 1. The van der Waals surface area contributed by atoms with Gasteiger partial charge in [0.1, 0.15) is 0 Å². The monoisotopic (exact) mass is 471 g/mol. The highest BCUT2D eigenvalue weighted by molar-refractivity contribution is 7.89. The molecule has 178 valence electrons. The Morgan fingerprint density at radius 3 is 2.48 bits per heavy atom. The van der Waals surface area contributed by atoms with Crippen LogP contribution in [0.1, 0.15) is 29.5 Å². The summed E-state index contributed by atoms with van der Waals surface area (Å²) in [5, 5.41) is 0. The summed E-state index contributed by atoms with van der Waals surface area (Å²) in [6.45, 7) is 4.26. The van der Waals surface area contributed by atoms with Gasteiger partial charge < -0.3 is 9.64 Å². The molecular formula is C25H33N3O4S. The average Bonchev–Trinajstić information content (AvgIpc) is 2.84. The van der Waals surface area contributed by atoms with Gasteiger partial charge in [0.2, 0.25) is 10.0 Å². The molecule has 0 saturated carbocycles. The SMILES string of the molecule is COC(=O)N1CCc2c(cccc2S(=O)(=O)N(C)CC2CCN(Cc3ccccc3)CC2)C1. The summed E-state index contributed by atoms with van der Waals surface area (Å²) < 4.78 is 33.3. The van der Waals surface area contributed by atoms with Gasteiger partial charge in [-0.15, -0.1) is 0 Å². The number of ether oxygens (including phenoxy) is 1. The van der Waals surface area contributed by atoms with Crippen LogP contribution in [0.25, 0.3) is 0 Å². The second-order valence-corrected chi connectivity index (χ2v) is 11.0. The van der Waals surface area contributed by atoms with E-state index in [1.54, 1.807) is 24.1 Å². The number of carbonyl (C=O) groups is 1. The summed E-state index contributed by atoms with van der Waals surface area (Å²) in [5.41, 5.74) is 3.01. The Hall–Kier alpha value is -2.42. The molecule has 1 saturated heterocycles. The van der Waals surface area contributed by atoms with Crippen LogP contribution >= 0.6 is 0 Å². The predicted octanol–water partition coefficient (Wildman–Crippen LogP) is 3.34. The van der Waals surface area contributed by atoms with Gasteiger partial charge in [-0.2, -0.15) is 0 Å². The summed E-state index contributed by atoms with van der Waals surface area (Å²) in [7, 11) is -0.550. The molecule has 2 aliphatic heterocycles. The number of carbonyl (C=O) groups excluding carboxylic acids is 1. The molecule has 7 nitrogen and oxygen atoms in total. The third-order valence-corrected chi connectivity index (χ3v) is 8.72. The van der Waals surface area contributed by atoms with Crippen LogP contribution in [0.4, 0.5) is 4.79 Å². The van der Waals surface area contributed by atoms with Crippen molar-refractivity contribution < 1.29 is 17.9 Å². The largest absolute Gasteiger partial charge is 0.453 e. The second kappa shape index (κ2) is 10.2. The van der Waals surface area contributed by atoms with Crippen LogP contribution in [0.5, 0.6) is 0 Å². The van der Waals surface area contributed by atoms with Crippen LogP contribution in [0.2, 0.25) is 0 Å². The number of benzene rings is 2. The van der Waals surface area contributed by atoms with Crippen molar-refractivity contribution in [2.24, 2.45) is 5.92 Å². The first-order chi connectivity index (χ1) is 15.9. The first-order valence-electron chi connectivity index (χ1n) is 11.5. The number of likely N-dealkylation sites (tertiary alicyclic amines) is 1. The smallest absolute Gasteiger partial charge is 0.409 e. The fourth-order valence-corrected chi connectivity index (χ4v) is 6.44. The minimum Gasteiger partial charge on any atom is -0.453 e. The number of hydrogen-bond acceptors (Lipinski definition) is 5. The fourth-order valence-electron chi connectivity index (χ4n) is 4.90. The third-order valence-electron chi connectivity index (χ3n) is 6.82. The molecule has 2 aliphatic rings. The summed E-state index contributed by atoms with van der Waals surface area (Å²) in [4.78, 5) is 16.3. The minimum atomic E-state index is -3.60. The maximum Gasteiger partial charge on any atom is 0.409 e. The Labute approximate surface area is 197 Å². The van der Waals surface area contributed by atoms with E-state index in [0.29, 0.717) is 36.9 Å². The standard InChI is InChI=1S/C25H33N3O4S/c1-26(17-21-11-14-27(15-12-21)18-20-7-4-3-5-8-20)33(30,31)24-10-6-9-22-19-28(25(29)32-2)16-13-23(22)24/h3-10,21H,11-19H2,1-2H3. The van der Waals surface area contributed by atoms with E-state index in [2.05, 4.69) is 29.2 Å². The third kappa shape index (κ3) is 5.39.